The van der Waals surface area contributed by atoms with Gasteiger partial charge in [0.15, 0.2) is 36.0 Å². The van der Waals surface area contributed by atoms with E-state index in [1.54, 1.807) is 50.6 Å². The summed E-state index contributed by atoms with van der Waals surface area (Å²) in [4.78, 5) is 82.7. The Bertz CT molecular complexity index is 5050. The van der Waals surface area contributed by atoms with Crippen LogP contribution in [0.1, 0.15) is 163 Å². The number of phenols is 1. The number of rotatable bonds is 18. The fourth-order valence-electron chi connectivity index (χ4n) is 15.7. The smallest absolute Gasteiger partial charge is 0.389 e. The number of cyclic esters (lactones) is 1. The largest absolute Gasteiger partial charge is 0.507 e. The lowest BCUT2D eigenvalue weighted by molar-refractivity contribution is -0.151. The average Bonchev–Trinajstić information content (AvgIpc) is 1.72. The molecule has 0 saturated carbocycles. The zero-order valence-corrected chi connectivity index (χ0v) is 65.7. The number of aromatic hydroxyl groups is 1. The van der Waals surface area contributed by atoms with E-state index in [0.29, 0.717) is 107 Å². The predicted octanol–water partition coefficient (Wildman–Crippen LogP) is 16.3. The molecule has 1 aliphatic carbocycles. The van der Waals surface area contributed by atoms with Crippen molar-refractivity contribution < 1.29 is 159 Å². The number of ketones is 2. The summed E-state index contributed by atoms with van der Waals surface area (Å²) in [6, 6.07) is 18.1. The molecule has 0 bridgehead atoms. The van der Waals surface area contributed by atoms with Gasteiger partial charge in [-0.25, -0.2) is 0 Å². The second-order valence-corrected chi connectivity index (χ2v) is 28.3. The average molecular weight is 1690 g/mol. The van der Waals surface area contributed by atoms with Crippen LogP contribution in [0.2, 0.25) is 10.0 Å². The van der Waals surface area contributed by atoms with E-state index in [9.17, 15) is 83.3 Å². The number of phenolic OH excluding ortho intramolecular Hbond substituents is 1. The molecule has 15 rings (SSSR count). The number of aliphatic hydroxyl groups excluding tert-OH is 1. The minimum Gasteiger partial charge on any atom is -0.507 e. The Labute approximate surface area is 671 Å². The van der Waals surface area contributed by atoms with E-state index in [1.807, 2.05) is 25.1 Å². The van der Waals surface area contributed by atoms with Crippen molar-refractivity contribution >= 4 is 97.2 Å². The minimum atomic E-state index is -4.51. The van der Waals surface area contributed by atoms with E-state index in [2.05, 4.69) is 0 Å². The minimum absolute atomic E-state index is 0.0335. The van der Waals surface area contributed by atoms with Crippen LogP contribution in [0.25, 0.3) is 32.3 Å². The fraction of sp³-hybridized carbons (Fsp3) is 0.444. The summed E-state index contributed by atoms with van der Waals surface area (Å²) in [7, 11) is 13.3. The summed E-state index contributed by atoms with van der Waals surface area (Å²) in [5.41, 5.74) is 1.01. The number of fused-ring (bicyclic) bond motifs is 12. The van der Waals surface area contributed by atoms with Crippen LogP contribution in [0.4, 0.5) is 39.5 Å². The van der Waals surface area contributed by atoms with Gasteiger partial charge in [0.05, 0.1) is 156 Å². The molecule has 0 radical (unpaired) electrons. The molecule has 4 fully saturated rings. The van der Waals surface area contributed by atoms with E-state index in [0.717, 1.165) is 29.5 Å². The van der Waals surface area contributed by atoms with E-state index in [1.165, 1.54) is 55.8 Å². The lowest BCUT2D eigenvalue weighted by atomic mass is 9.76. The van der Waals surface area contributed by atoms with Crippen molar-refractivity contribution in [3.05, 3.63) is 127 Å². The number of esters is 4. The molecule has 0 aromatic heterocycles. The van der Waals surface area contributed by atoms with Crippen molar-refractivity contribution in [2.75, 3.05) is 64.0 Å². The van der Waals surface area contributed by atoms with Crippen LogP contribution in [0.3, 0.4) is 0 Å². The SMILES string of the molecule is CCCC=O.COc1c([C@H]2OC(=O)C[C@H]2O)cc(OC)c2c(OC)cccc12.COc1c2c(c(OC)c3c(OC)cccc13)[C@H](CCC(F)(F)F)O[C@@H]1CC(=O)O[C@H]21.COc1ccc(Cl)c2c(OC)c3c(c(OC)c12)[C@H](CCC(F)(F)F)O[C@@H]1CC(=O)O[C@H]31.O=C1C[C@H]2O[C@@H](CCC(F)(F)F)C3=C(C(=O)c4c(Cl)ccc(O)c4C3=O)[C@H]2O1. The number of benzene rings is 7. The number of methoxy groups -OCH3 is 9. The topological polar surface area (TPSA) is 308 Å². The molecular weight excluding hydrogens is 1610 g/mol. The van der Waals surface area contributed by atoms with Gasteiger partial charge in [0.1, 0.15) is 88.2 Å². The molecular formula is C81H79Cl2F9O25. The monoisotopic (exact) mass is 1690 g/mol. The molecule has 0 amide bonds. The van der Waals surface area contributed by atoms with Crippen molar-refractivity contribution in [1.82, 2.24) is 0 Å². The van der Waals surface area contributed by atoms with Gasteiger partial charge in [-0.05, 0) is 68.1 Å². The van der Waals surface area contributed by atoms with E-state index < -0.39 is 153 Å². The summed E-state index contributed by atoms with van der Waals surface area (Å²) < 4.78 is 205. The van der Waals surface area contributed by atoms with Gasteiger partial charge >= 0.3 is 42.4 Å². The highest BCUT2D eigenvalue weighted by Crippen LogP contribution is 2.60. The Kier molecular flexibility index (Phi) is 26.9. The van der Waals surface area contributed by atoms with Crippen LogP contribution in [-0.4, -0.2) is 171 Å². The van der Waals surface area contributed by atoms with Gasteiger partial charge in [0.25, 0.3) is 0 Å². The van der Waals surface area contributed by atoms with Crippen LogP contribution in [0.15, 0.2) is 77.9 Å². The Hall–Kier alpha value is -10.3. The first kappa shape index (κ1) is 87.6. The highest BCUT2D eigenvalue weighted by Gasteiger charge is 2.55. The van der Waals surface area contributed by atoms with Gasteiger partial charge in [-0.1, -0.05) is 54.4 Å². The zero-order valence-electron chi connectivity index (χ0n) is 64.2. The summed E-state index contributed by atoms with van der Waals surface area (Å²) in [5.74, 6) is -0.374. The first-order valence-corrected chi connectivity index (χ1v) is 37.2. The highest BCUT2D eigenvalue weighted by atomic mass is 35.5. The Morgan fingerprint density at radius 2 is 0.846 bits per heavy atom. The molecule has 630 valence electrons. The van der Waals surface area contributed by atoms with Crippen molar-refractivity contribution in [3.63, 3.8) is 0 Å². The number of carbonyl (C=O) groups excluding carboxylic acids is 7. The molecule has 117 heavy (non-hydrogen) atoms. The third-order valence-electron chi connectivity index (χ3n) is 20.5. The first-order chi connectivity index (χ1) is 55.6. The van der Waals surface area contributed by atoms with Gasteiger partial charge in [-0.2, -0.15) is 39.5 Å². The van der Waals surface area contributed by atoms with Crippen molar-refractivity contribution in [1.29, 1.82) is 0 Å². The van der Waals surface area contributed by atoms with Crippen LogP contribution in [0, 0.1) is 0 Å². The maximum Gasteiger partial charge on any atom is 0.389 e. The second kappa shape index (κ2) is 35.9. The van der Waals surface area contributed by atoms with Crippen molar-refractivity contribution in [2.45, 2.75) is 170 Å². The molecule has 7 heterocycles. The number of halogens is 11. The molecule has 8 aliphatic rings. The van der Waals surface area contributed by atoms with Crippen LogP contribution in [-0.2, 0) is 57.1 Å². The van der Waals surface area contributed by atoms with Crippen molar-refractivity contribution in [2.24, 2.45) is 0 Å². The lowest BCUT2D eigenvalue weighted by Crippen LogP contribution is -2.45. The number of aldehydes is 1. The number of ether oxygens (including phenoxy) is 16. The molecule has 25 nitrogen and oxygen atoms in total. The summed E-state index contributed by atoms with van der Waals surface area (Å²) in [6.45, 7) is 1.98. The number of hydrogen-bond acceptors (Lipinski definition) is 25. The van der Waals surface area contributed by atoms with E-state index in [4.69, 9.17) is 99.0 Å². The van der Waals surface area contributed by atoms with E-state index in [-0.39, 0.29) is 71.6 Å². The second-order valence-electron chi connectivity index (χ2n) is 27.5. The molecule has 0 spiro atoms. The number of unbranched alkanes of at least 4 members (excludes halogenated alkanes) is 1. The molecule has 2 N–H and O–H groups in total. The first-order valence-electron chi connectivity index (χ1n) is 36.4. The van der Waals surface area contributed by atoms with Crippen molar-refractivity contribution in [3.8, 4) is 57.5 Å². The standard InChI is InChI=1S/C21H20ClF3O6.C21H21F3O6.C18H12ClF3O6.C17H18O6.C4H8O/c1-27-10-5-4-9(22)14-15(10)20(29-3)16-11(6-7-21(23,24)25)30-12-8-13(26)31-18(12)17(16)19(14)28-2;1-26-11-6-4-5-10-15(11)20(28-3)16-12(7-8-21(22,23)24)29-13-9-14(25)30-19(13)17(16)18(10)27-2;19-6-1-2-7(23)12-11(6)15(25)14-13(16(12)26)8(3-4-18(20,21)22)27-9-5-10(24)28-17(9)14;1-20-12-6-4-5-9-15(12)13(21-2)7-10(16(9)22-3)17-11(18)8-14(19)23-17;1-2-3-4-5/h4-5,11-12,18H,6-8H2,1-3H3;4-6,12-13,19H,7-9H2,1-3H3;1-2,8-9,17,23H,3-5H2;4-7,11,17-18H,8H2,1-3H3;4H,2-3H2,1H3/t11-,12+,18-;12-,13+,19-;8-,9+,17-;11-,17-;/m0001./s1. The van der Waals surface area contributed by atoms with Gasteiger partial charge in [-0.15, -0.1) is 0 Å². The summed E-state index contributed by atoms with van der Waals surface area (Å²) in [6.07, 6.45) is -25.9. The van der Waals surface area contributed by atoms with Crippen LogP contribution >= 0.6 is 23.2 Å². The fourth-order valence-corrected chi connectivity index (χ4v) is 16.2. The number of Topliss-reactive ketones (excluding diaryl/α,β-unsaturated/α-hetero) is 2. The Morgan fingerprint density at radius 1 is 0.436 bits per heavy atom. The van der Waals surface area contributed by atoms with Crippen LogP contribution < -0.4 is 42.6 Å². The highest BCUT2D eigenvalue weighted by molar-refractivity contribution is 6.39. The molecule has 7 aromatic rings. The normalized spacial score (nSPS) is 22.6. The number of alkyl halides is 9. The maximum atomic E-state index is 13.1. The number of carbonyl (C=O) groups is 7. The summed E-state index contributed by atoms with van der Waals surface area (Å²) in [5, 5.41) is 24.0. The lowest BCUT2D eigenvalue weighted by Gasteiger charge is -2.37. The summed E-state index contributed by atoms with van der Waals surface area (Å²) >= 11 is 12.5. The molecule has 36 heteroatoms. The van der Waals surface area contributed by atoms with Gasteiger partial charge < -0.3 is 90.8 Å². The molecule has 7 aliphatic heterocycles. The van der Waals surface area contributed by atoms with Gasteiger partial charge in [-0.3, -0.25) is 28.8 Å². The molecule has 11 atom stereocenters. The predicted molar refractivity (Wildman–Crippen MR) is 396 cm³/mol. The Balaban J connectivity index is 0.000000151. The molecule has 4 saturated heterocycles. The number of aliphatic hydroxyl groups is 1. The Morgan fingerprint density at radius 3 is 1.31 bits per heavy atom. The number of hydrogen-bond donors (Lipinski definition) is 2. The van der Waals surface area contributed by atoms with E-state index >= 15 is 0 Å². The zero-order chi connectivity index (χ0) is 85.2. The van der Waals surface area contributed by atoms with Gasteiger partial charge in [0, 0.05) is 69.8 Å². The van der Waals surface area contributed by atoms with Crippen LogP contribution in [0.5, 0.6) is 57.5 Å². The molecule has 0 unspecified atom stereocenters. The van der Waals surface area contributed by atoms with Gasteiger partial charge in [0.2, 0.25) is 0 Å². The maximum absolute atomic E-state index is 13.1. The quantitative estimate of drug-likeness (QED) is 0.0349. The third-order valence-corrected chi connectivity index (χ3v) is 21.1. The molecule has 7 aromatic carbocycles. The third kappa shape index (κ3) is 17.7.